The Balaban J connectivity index is 2.50. The fraction of sp³-hybridized carbons (Fsp3) is 0.300. The molecule has 1 atom stereocenters. The van der Waals surface area contributed by atoms with Gasteiger partial charge in [-0.3, -0.25) is 0 Å². The van der Waals surface area contributed by atoms with Crippen LogP contribution in [0.25, 0.3) is 0 Å². The third-order valence-electron chi connectivity index (χ3n) is 2.26. The Morgan fingerprint density at radius 1 is 1.43 bits per heavy atom. The van der Waals surface area contributed by atoms with Gasteiger partial charge < -0.3 is 14.7 Å². The van der Waals surface area contributed by atoms with Crippen molar-refractivity contribution in [3.63, 3.8) is 0 Å². The highest BCUT2D eigenvalue weighted by Gasteiger charge is 2.29. The first kappa shape index (κ1) is 9.02. The van der Waals surface area contributed by atoms with Crippen molar-refractivity contribution < 1.29 is 14.6 Å². The number of ether oxygens (including phenoxy) is 1. The Bertz CT molecular complexity index is 387. The summed E-state index contributed by atoms with van der Waals surface area (Å²) < 4.78 is 4.66. The highest BCUT2D eigenvalue weighted by Crippen LogP contribution is 2.31. The van der Waals surface area contributed by atoms with Crippen molar-refractivity contribution in [1.29, 1.82) is 0 Å². The number of esters is 1. The number of cyclic esters (lactones) is 1. The van der Waals surface area contributed by atoms with Crippen molar-refractivity contribution in [2.75, 3.05) is 19.0 Å². The van der Waals surface area contributed by atoms with Gasteiger partial charge in [-0.25, -0.2) is 4.79 Å². The van der Waals surface area contributed by atoms with E-state index in [1.54, 1.807) is 12.1 Å². The molecule has 4 nitrogen and oxygen atoms in total. The number of benzene rings is 1. The maximum Gasteiger partial charge on any atom is 0.341 e. The number of hydrogen-bond donors (Lipinski definition) is 1. The SMILES string of the molecule is CN(C)c1ccc2c(c1)C(O)OC2=O. The summed E-state index contributed by atoms with van der Waals surface area (Å²) in [5, 5.41) is 9.40. The minimum atomic E-state index is -1.11. The summed E-state index contributed by atoms with van der Waals surface area (Å²) in [5.74, 6) is -0.460. The summed E-state index contributed by atoms with van der Waals surface area (Å²) in [6, 6.07) is 5.24. The molecule has 74 valence electrons. The standard InChI is InChI=1S/C10H11NO3/c1-11(2)6-3-4-7-8(5-6)10(13)14-9(7)12/h3-5,10,13H,1-2H3. The molecular weight excluding hydrogens is 182 g/mol. The lowest BCUT2D eigenvalue weighted by atomic mass is 10.1. The molecule has 0 fully saturated rings. The minimum absolute atomic E-state index is 0.447. The van der Waals surface area contributed by atoms with E-state index in [1.165, 1.54) is 0 Å². The molecule has 0 aromatic heterocycles. The van der Waals surface area contributed by atoms with Gasteiger partial charge in [-0.05, 0) is 18.2 Å². The van der Waals surface area contributed by atoms with Crippen LogP contribution in [0.5, 0.6) is 0 Å². The van der Waals surface area contributed by atoms with Gasteiger partial charge in [-0.15, -0.1) is 0 Å². The molecule has 0 aliphatic carbocycles. The Kier molecular flexibility index (Phi) is 1.93. The van der Waals surface area contributed by atoms with Crippen molar-refractivity contribution in [2.24, 2.45) is 0 Å². The van der Waals surface area contributed by atoms with Crippen LogP contribution in [0.3, 0.4) is 0 Å². The Labute approximate surface area is 81.7 Å². The van der Waals surface area contributed by atoms with Gasteiger partial charge in [0.25, 0.3) is 0 Å². The normalized spacial score (nSPS) is 19.1. The predicted octanol–water partition coefficient (Wildman–Crippen LogP) is 0.914. The van der Waals surface area contributed by atoms with Crippen molar-refractivity contribution in [2.45, 2.75) is 6.29 Å². The van der Waals surface area contributed by atoms with E-state index in [4.69, 9.17) is 0 Å². The smallest absolute Gasteiger partial charge is 0.341 e. The zero-order valence-electron chi connectivity index (χ0n) is 8.02. The summed E-state index contributed by atoms with van der Waals surface area (Å²) in [6.45, 7) is 0. The Hall–Kier alpha value is -1.55. The molecule has 1 aliphatic heterocycles. The van der Waals surface area contributed by atoms with Crippen LogP contribution in [0.2, 0.25) is 0 Å². The van der Waals surface area contributed by atoms with Crippen LogP contribution in [0.4, 0.5) is 5.69 Å². The highest BCUT2D eigenvalue weighted by atomic mass is 16.6. The summed E-state index contributed by atoms with van der Waals surface area (Å²) in [7, 11) is 3.79. The van der Waals surface area contributed by atoms with Gasteiger partial charge in [0.15, 0.2) is 0 Å². The minimum Gasteiger partial charge on any atom is -0.428 e. The quantitative estimate of drug-likeness (QED) is 0.673. The van der Waals surface area contributed by atoms with E-state index in [9.17, 15) is 9.90 Å². The second kappa shape index (κ2) is 2.99. The van der Waals surface area contributed by atoms with Crippen molar-refractivity contribution >= 4 is 11.7 Å². The van der Waals surface area contributed by atoms with Crippen LogP contribution in [0, 0.1) is 0 Å². The molecule has 0 amide bonds. The lowest BCUT2D eigenvalue weighted by Gasteiger charge is -2.13. The molecule has 0 saturated heterocycles. The van der Waals surface area contributed by atoms with Crippen LogP contribution in [-0.4, -0.2) is 25.2 Å². The molecule has 0 saturated carbocycles. The van der Waals surface area contributed by atoms with E-state index in [0.717, 1.165) is 5.69 Å². The number of carbonyl (C=O) groups is 1. The summed E-state index contributed by atoms with van der Waals surface area (Å²) in [4.78, 5) is 13.1. The molecule has 2 rings (SSSR count). The van der Waals surface area contributed by atoms with Crippen molar-refractivity contribution in [3.8, 4) is 0 Å². The van der Waals surface area contributed by atoms with E-state index in [0.29, 0.717) is 11.1 Å². The molecule has 0 bridgehead atoms. The lowest BCUT2D eigenvalue weighted by Crippen LogP contribution is -2.09. The average molecular weight is 193 g/mol. The van der Waals surface area contributed by atoms with Gasteiger partial charge >= 0.3 is 5.97 Å². The summed E-state index contributed by atoms with van der Waals surface area (Å²) in [5.41, 5.74) is 1.92. The van der Waals surface area contributed by atoms with E-state index in [1.807, 2.05) is 25.1 Å². The molecule has 1 heterocycles. The zero-order chi connectivity index (χ0) is 10.3. The first-order valence-corrected chi connectivity index (χ1v) is 4.30. The number of hydrogen-bond acceptors (Lipinski definition) is 4. The monoisotopic (exact) mass is 193 g/mol. The number of carbonyl (C=O) groups excluding carboxylic acids is 1. The van der Waals surface area contributed by atoms with Gasteiger partial charge in [0.2, 0.25) is 6.29 Å². The number of aliphatic hydroxyl groups excluding tert-OH is 1. The molecule has 14 heavy (non-hydrogen) atoms. The van der Waals surface area contributed by atoms with Crippen LogP contribution >= 0.6 is 0 Å². The summed E-state index contributed by atoms with van der Waals surface area (Å²) in [6.07, 6.45) is -1.11. The maximum absolute atomic E-state index is 11.2. The number of rotatable bonds is 1. The van der Waals surface area contributed by atoms with E-state index in [-0.39, 0.29) is 0 Å². The van der Waals surface area contributed by atoms with E-state index < -0.39 is 12.3 Å². The van der Waals surface area contributed by atoms with Crippen LogP contribution in [0.15, 0.2) is 18.2 Å². The van der Waals surface area contributed by atoms with Gasteiger partial charge in [0.1, 0.15) is 0 Å². The van der Waals surface area contributed by atoms with Gasteiger partial charge in [-0.2, -0.15) is 0 Å². The van der Waals surface area contributed by atoms with Crippen molar-refractivity contribution in [1.82, 2.24) is 0 Å². The van der Waals surface area contributed by atoms with Crippen LogP contribution < -0.4 is 4.90 Å². The molecule has 1 aromatic carbocycles. The molecule has 1 N–H and O–H groups in total. The number of fused-ring (bicyclic) bond motifs is 1. The lowest BCUT2D eigenvalue weighted by molar-refractivity contribution is -0.0547. The number of anilines is 1. The molecule has 1 aliphatic rings. The molecule has 1 aromatic rings. The first-order chi connectivity index (χ1) is 6.59. The molecule has 0 spiro atoms. The molecule has 1 unspecified atom stereocenters. The Morgan fingerprint density at radius 2 is 2.14 bits per heavy atom. The van der Waals surface area contributed by atoms with Crippen LogP contribution in [-0.2, 0) is 4.74 Å². The van der Waals surface area contributed by atoms with Crippen LogP contribution in [0.1, 0.15) is 22.2 Å². The second-order valence-corrected chi connectivity index (χ2v) is 3.42. The van der Waals surface area contributed by atoms with Gasteiger partial charge in [-0.1, -0.05) is 0 Å². The fourth-order valence-corrected chi connectivity index (χ4v) is 1.45. The van der Waals surface area contributed by atoms with Crippen molar-refractivity contribution in [3.05, 3.63) is 29.3 Å². The second-order valence-electron chi connectivity index (χ2n) is 3.42. The fourth-order valence-electron chi connectivity index (χ4n) is 1.45. The first-order valence-electron chi connectivity index (χ1n) is 4.30. The highest BCUT2D eigenvalue weighted by molar-refractivity contribution is 5.94. The van der Waals surface area contributed by atoms with Gasteiger partial charge in [0.05, 0.1) is 5.56 Å². The zero-order valence-corrected chi connectivity index (χ0v) is 8.02. The number of aliphatic hydroxyl groups is 1. The van der Waals surface area contributed by atoms with E-state index >= 15 is 0 Å². The third-order valence-corrected chi connectivity index (χ3v) is 2.26. The topological polar surface area (TPSA) is 49.8 Å². The molecule has 4 heteroatoms. The third kappa shape index (κ3) is 1.24. The summed E-state index contributed by atoms with van der Waals surface area (Å²) >= 11 is 0. The number of nitrogens with zero attached hydrogens (tertiary/aromatic N) is 1. The Morgan fingerprint density at radius 3 is 2.79 bits per heavy atom. The van der Waals surface area contributed by atoms with E-state index in [2.05, 4.69) is 4.74 Å². The average Bonchev–Trinajstić information content (AvgIpc) is 2.42. The predicted molar refractivity (Wildman–Crippen MR) is 51.1 cm³/mol. The molecular formula is C10H11NO3. The molecule has 0 radical (unpaired) electrons. The van der Waals surface area contributed by atoms with Gasteiger partial charge in [0, 0.05) is 25.3 Å². The largest absolute Gasteiger partial charge is 0.428 e. The maximum atomic E-state index is 11.2.